The Bertz CT molecular complexity index is 3270. The number of thiophene rings is 1. The monoisotopic (exact) mass is 807 g/mol. The van der Waals surface area contributed by atoms with Crippen LogP contribution in [0.4, 0.5) is 17.1 Å². The van der Waals surface area contributed by atoms with Crippen molar-refractivity contribution in [1.82, 2.24) is 0 Å². The molecule has 0 bridgehead atoms. The van der Waals surface area contributed by atoms with Gasteiger partial charge in [0, 0.05) is 37.1 Å². The van der Waals surface area contributed by atoms with Gasteiger partial charge >= 0.3 is 0 Å². The fourth-order valence-electron chi connectivity index (χ4n) is 9.00. The fourth-order valence-corrected chi connectivity index (χ4v) is 10.1. The molecule has 0 saturated carbocycles. The lowest BCUT2D eigenvalue weighted by atomic mass is 9.88. The molecule has 1 nitrogen and oxygen atoms in total. The third-order valence-electron chi connectivity index (χ3n) is 11.9. The number of nitrogens with zero attached hydrogens (tertiary/aromatic N) is 1. The number of hydrogen-bond donors (Lipinski definition) is 0. The highest BCUT2D eigenvalue weighted by Gasteiger charge is 2.22. The molecule has 62 heavy (non-hydrogen) atoms. The molecule has 0 aliphatic heterocycles. The Labute approximate surface area is 367 Å². The Kier molecular flexibility index (Phi) is 9.82. The molecular weight excluding hydrogens is 767 g/mol. The van der Waals surface area contributed by atoms with Gasteiger partial charge in [0.05, 0.1) is 5.69 Å². The second kappa shape index (κ2) is 16.3. The van der Waals surface area contributed by atoms with Gasteiger partial charge < -0.3 is 4.90 Å². The Morgan fingerprint density at radius 2 is 0.710 bits per heavy atom. The Morgan fingerprint density at radius 1 is 0.258 bits per heavy atom. The molecule has 0 spiro atoms. The molecule has 0 unspecified atom stereocenters. The molecule has 0 radical (unpaired) electrons. The van der Waals surface area contributed by atoms with Gasteiger partial charge in [-0.05, 0) is 110 Å². The zero-order valence-electron chi connectivity index (χ0n) is 34.0. The van der Waals surface area contributed by atoms with E-state index in [-0.39, 0.29) is 0 Å². The first kappa shape index (κ1) is 37.2. The molecule has 11 rings (SSSR count). The Hall–Kier alpha value is -7.78. The maximum atomic E-state index is 2.46. The van der Waals surface area contributed by atoms with Crippen LogP contribution >= 0.6 is 11.3 Å². The largest absolute Gasteiger partial charge is 0.310 e. The van der Waals surface area contributed by atoms with Gasteiger partial charge in [0.2, 0.25) is 0 Å². The van der Waals surface area contributed by atoms with Crippen molar-refractivity contribution in [2.45, 2.75) is 0 Å². The molecular formula is C60H41NS. The summed E-state index contributed by atoms with van der Waals surface area (Å²) >= 11 is 1.86. The van der Waals surface area contributed by atoms with Crippen LogP contribution in [0.15, 0.2) is 249 Å². The smallest absolute Gasteiger partial charge is 0.0540 e. The van der Waals surface area contributed by atoms with Gasteiger partial charge in [-0.15, -0.1) is 11.3 Å². The van der Waals surface area contributed by atoms with Crippen LogP contribution in [0.25, 0.3) is 86.9 Å². The second-order valence-electron chi connectivity index (χ2n) is 15.6. The molecule has 10 aromatic carbocycles. The minimum atomic E-state index is 1.08. The van der Waals surface area contributed by atoms with Crippen LogP contribution in [0.3, 0.4) is 0 Å². The summed E-state index contributed by atoms with van der Waals surface area (Å²) in [5.74, 6) is 0. The average Bonchev–Trinajstić information content (AvgIpc) is 3.74. The van der Waals surface area contributed by atoms with Crippen molar-refractivity contribution in [2.75, 3.05) is 4.90 Å². The number of fused-ring (bicyclic) bond motifs is 3. The average molecular weight is 808 g/mol. The van der Waals surface area contributed by atoms with Crippen molar-refractivity contribution in [2.24, 2.45) is 0 Å². The van der Waals surface area contributed by atoms with Crippen LogP contribution in [0.2, 0.25) is 0 Å². The molecule has 292 valence electrons. The lowest BCUT2D eigenvalue weighted by molar-refractivity contribution is 1.28. The predicted octanol–water partition coefficient (Wildman–Crippen LogP) is 17.5. The highest BCUT2D eigenvalue weighted by atomic mass is 32.1. The molecule has 0 aliphatic carbocycles. The van der Waals surface area contributed by atoms with Gasteiger partial charge in [-0.25, -0.2) is 0 Å². The molecule has 11 aromatic rings. The molecule has 1 heterocycles. The van der Waals surface area contributed by atoms with Gasteiger partial charge in [0.25, 0.3) is 0 Å². The van der Waals surface area contributed by atoms with E-state index in [1.165, 1.54) is 70.2 Å². The molecule has 0 saturated heterocycles. The van der Waals surface area contributed by atoms with Crippen molar-refractivity contribution in [3.05, 3.63) is 249 Å². The van der Waals surface area contributed by atoms with Crippen LogP contribution in [0.5, 0.6) is 0 Å². The minimum Gasteiger partial charge on any atom is -0.310 e. The van der Waals surface area contributed by atoms with E-state index in [1.807, 2.05) is 11.3 Å². The van der Waals surface area contributed by atoms with Crippen molar-refractivity contribution >= 4 is 48.6 Å². The van der Waals surface area contributed by atoms with Gasteiger partial charge in [-0.3, -0.25) is 0 Å². The third-order valence-corrected chi connectivity index (χ3v) is 13.0. The Balaban J connectivity index is 1.13. The maximum Gasteiger partial charge on any atom is 0.0540 e. The van der Waals surface area contributed by atoms with Gasteiger partial charge in [-0.1, -0.05) is 200 Å². The number of benzene rings is 10. The van der Waals surface area contributed by atoms with E-state index in [2.05, 4.69) is 254 Å². The quantitative estimate of drug-likeness (QED) is 0.140. The summed E-state index contributed by atoms with van der Waals surface area (Å²) in [4.78, 5) is 2.46. The zero-order chi connectivity index (χ0) is 41.2. The Morgan fingerprint density at radius 3 is 1.35 bits per heavy atom. The molecule has 1 aromatic heterocycles. The van der Waals surface area contributed by atoms with Crippen LogP contribution in [-0.2, 0) is 0 Å². The number of rotatable bonds is 9. The maximum absolute atomic E-state index is 2.46. The summed E-state index contributed by atoms with van der Waals surface area (Å²) in [6, 6.07) is 90.4. The van der Waals surface area contributed by atoms with Crippen LogP contribution in [0.1, 0.15) is 0 Å². The van der Waals surface area contributed by atoms with Crippen molar-refractivity contribution in [3.8, 4) is 66.8 Å². The zero-order valence-corrected chi connectivity index (χ0v) is 34.8. The van der Waals surface area contributed by atoms with E-state index in [9.17, 15) is 0 Å². The van der Waals surface area contributed by atoms with Crippen LogP contribution in [-0.4, -0.2) is 0 Å². The van der Waals surface area contributed by atoms with Gasteiger partial charge in [0.1, 0.15) is 0 Å². The first-order valence-electron chi connectivity index (χ1n) is 21.2. The number of anilines is 3. The lowest BCUT2D eigenvalue weighted by Crippen LogP contribution is -2.12. The highest BCUT2D eigenvalue weighted by Crippen LogP contribution is 2.47. The summed E-state index contributed by atoms with van der Waals surface area (Å²) in [5.41, 5.74) is 17.5. The molecule has 0 atom stereocenters. The molecule has 0 N–H and O–H groups in total. The second-order valence-corrected chi connectivity index (χ2v) is 16.7. The van der Waals surface area contributed by atoms with Gasteiger partial charge in [0.15, 0.2) is 0 Å². The topological polar surface area (TPSA) is 3.24 Å². The van der Waals surface area contributed by atoms with E-state index in [0.29, 0.717) is 0 Å². The normalized spacial score (nSPS) is 11.2. The van der Waals surface area contributed by atoms with Crippen LogP contribution in [0, 0.1) is 0 Å². The first-order valence-corrected chi connectivity index (χ1v) is 22.0. The lowest BCUT2D eigenvalue weighted by Gasteiger charge is -2.30. The number of para-hydroxylation sites is 1. The fraction of sp³-hybridized carbons (Fsp3) is 0. The number of hydrogen-bond acceptors (Lipinski definition) is 2. The SMILES string of the molecule is c1ccc(-c2cc(-c3ccccc3)cc(N(c3ccc(-c4cccc5sc6ccccc6c45)cc3)c3ccccc3-c3ccccc3-c3ccccc3-c3ccccc3)c2)cc1. The molecule has 2 heteroatoms. The summed E-state index contributed by atoms with van der Waals surface area (Å²) in [5, 5.41) is 2.62. The first-order chi connectivity index (χ1) is 30.8. The molecule has 0 amide bonds. The van der Waals surface area contributed by atoms with Crippen molar-refractivity contribution in [1.29, 1.82) is 0 Å². The van der Waals surface area contributed by atoms with E-state index in [0.717, 1.165) is 33.8 Å². The van der Waals surface area contributed by atoms with E-state index >= 15 is 0 Å². The molecule has 0 fully saturated rings. The summed E-state index contributed by atoms with van der Waals surface area (Å²) in [6.07, 6.45) is 0. The third kappa shape index (κ3) is 6.97. The standard InChI is InChI=1S/C60H41NS/c1-4-19-42(20-5-1)46-39-47(43-21-6-2-7-22-43)41-49(40-46)61(48-37-35-45(36-38-48)51-31-18-34-59-60(51)56-30-15-17-33-58(56)62-59)57-32-16-14-29-55(57)54-28-13-12-27-53(54)52-26-11-10-25-50(52)44-23-8-3-9-24-44/h1-41H. The highest BCUT2D eigenvalue weighted by molar-refractivity contribution is 7.25. The summed E-state index contributed by atoms with van der Waals surface area (Å²) < 4.78 is 2.62. The van der Waals surface area contributed by atoms with E-state index < -0.39 is 0 Å². The summed E-state index contributed by atoms with van der Waals surface area (Å²) in [6.45, 7) is 0. The van der Waals surface area contributed by atoms with Crippen molar-refractivity contribution < 1.29 is 0 Å². The minimum absolute atomic E-state index is 1.08. The van der Waals surface area contributed by atoms with Crippen LogP contribution < -0.4 is 4.90 Å². The summed E-state index contributed by atoms with van der Waals surface area (Å²) in [7, 11) is 0. The molecule has 0 aliphatic rings. The predicted molar refractivity (Wildman–Crippen MR) is 267 cm³/mol. The van der Waals surface area contributed by atoms with E-state index in [4.69, 9.17) is 0 Å². The van der Waals surface area contributed by atoms with Crippen molar-refractivity contribution in [3.63, 3.8) is 0 Å². The van der Waals surface area contributed by atoms with Gasteiger partial charge in [-0.2, -0.15) is 0 Å². The van der Waals surface area contributed by atoms with E-state index in [1.54, 1.807) is 0 Å².